The molecule has 1 saturated carbocycles. The predicted molar refractivity (Wildman–Crippen MR) is 112 cm³/mol. The van der Waals surface area contributed by atoms with Gasteiger partial charge in [0, 0.05) is 0 Å². The zero-order chi connectivity index (χ0) is 18.7. The van der Waals surface area contributed by atoms with Crippen LogP contribution in [-0.2, 0) is 9.53 Å². The van der Waals surface area contributed by atoms with Crippen LogP contribution in [0.2, 0.25) is 3.93 Å². The zero-order valence-electron chi connectivity index (χ0n) is 15.5. The number of carbonyl (C=O) groups excluding carboxylic acids is 1. The van der Waals surface area contributed by atoms with Crippen molar-refractivity contribution in [1.29, 1.82) is 0 Å². The molecule has 0 aromatic heterocycles. The first-order chi connectivity index (χ1) is 13.3. The topological polar surface area (TPSA) is 26.3 Å². The maximum atomic E-state index is 12.6. The first kappa shape index (κ1) is 18.3. The molecule has 0 saturated heterocycles. The zero-order valence-corrected chi connectivity index (χ0v) is 18.4. The molecule has 136 valence electrons. The Morgan fingerprint density at radius 2 is 1.22 bits per heavy atom. The molecular weight excluding hydrogens is 439 g/mol. The number of ether oxygens (including phenoxy) is 1. The molecule has 0 radical (unpaired) electrons. The second-order valence-corrected chi connectivity index (χ2v) is 18.8. The van der Waals surface area contributed by atoms with Crippen molar-refractivity contribution in [2.45, 2.75) is 17.3 Å². The van der Waals surface area contributed by atoms with E-state index in [2.05, 4.69) is 91.0 Å². The van der Waals surface area contributed by atoms with Crippen LogP contribution in [0.25, 0.3) is 0 Å². The van der Waals surface area contributed by atoms with E-state index in [1.807, 2.05) is 6.92 Å². The normalized spacial score (nSPS) is 18.7. The van der Waals surface area contributed by atoms with Crippen LogP contribution < -0.4 is 10.7 Å². The number of rotatable bonds is 6. The van der Waals surface area contributed by atoms with Gasteiger partial charge in [-0.15, -0.1) is 0 Å². The molecule has 2 nitrogen and oxygen atoms in total. The van der Waals surface area contributed by atoms with Gasteiger partial charge in [0.1, 0.15) is 0 Å². The van der Waals surface area contributed by atoms with E-state index in [1.165, 1.54) is 10.7 Å². The number of benzene rings is 3. The second-order valence-electron chi connectivity index (χ2n) is 7.11. The molecule has 0 amide bonds. The summed E-state index contributed by atoms with van der Waals surface area (Å²) in [5.74, 6) is 0.00716. The van der Waals surface area contributed by atoms with E-state index >= 15 is 0 Å². The summed E-state index contributed by atoms with van der Waals surface area (Å²) in [5.41, 5.74) is 0. The minimum absolute atomic E-state index is 0.0219. The Labute approximate surface area is 165 Å². The summed E-state index contributed by atoms with van der Waals surface area (Å²) in [5, 5.41) is 0. The van der Waals surface area contributed by atoms with Gasteiger partial charge in [-0.3, -0.25) is 0 Å². The monoisotopic (exact) mass is 464 g/mol. The van der Waals surface area contributed by atoms with E-state index in [0.717, 1.165) is 6.42 Å². The molecule has 3 aromatic rings. The Balaban J connectivity index is 1.93. The quantitative estimate of drug-likeness (QED) is 0.415. The Bertz CT molecular complexity index is 797. The van der Waals surface area contributed by atoms with Crippen LogP contribution in [0.3, 0.4) is 0 Å². The molecule has 1 fully saturated rings. The van der Waals surface area contributed by atoms with Gasteiger partial charge in [-0.1, -0.05) is 0 Å². The molecular formula is C24H24O2Sn. The van der Waals surface area contributed by atoms with Gasteiger partial charge in [-0.25, -0.2) is 0 Å². The van der Waals surface area contributed by atoms with Gasteiger partial charge >= 0.3 is 165 Å². The summed E-state index contributed by atoms with van der Waals surface area (Å²) < 4.78 is 10.1. The van der Waals surface area contributed by atoms with Crippen LogP contribution in [0.15, 0.2) is 91.0 Å². The number of esters is 1. The number of hydrogen-bond acceptors (Lipinski definition) is 2. The van der Waals surface area contributed by atoms with Crippen molar-refractivity contribution < 1.29 is 9.53 Å². The van der Waals surface area contributed by atoms with Gasteiger partial charge in [-0.05, 0) is 0 Å². The standard InChI is InChI=1S/C6H9O2.3C6H5.Sn/c1-2-8-6(7)5-3-4-5;3*1-2-4-6-5-3-1;/h3,5H,2,4H2,1H3;3*1-5H;/t5-;;;;/m1..../s1. The Kier molecular flexibility index (Phi) is 5.35. The molecule has 4 rings (SSSR count). The van der Waals surface area contributed by atoms with Gasteiger partial charge in [0.05, 0.1) is 0 Å². The fourth-order valence-corrected chi connectivity index (χ4v) is 20.9. The molecule has 3 aromatic carbocycles. The molecule has 1 aliphatic carbocycles. The SMILES string of the molecule is CCOC(=O)[C@H]1C[C@H]1[Sn]([c]1ccccc1)([c]1ccccc1)[c]1ccccc1. The molecule has 0 N–H and O–H groups in total. The molecule has 3 heteroatoms. The summed E-state index contributed by atoms with van der Waals surface area (Å²) in [6, 6.07) is 32.7. The van der Waals surface area contributed by atoms with Crippen molar-refractivity contribution in [1.82, 2.24) is 0 Å². The average Bonchev–Trinajstić information content (AvgIpc) is 3.53. The van der Waals surface area contributed by atoms with Crippen molar-refractivity contribution in [2.24, 2.45) is 5.92 Å². The first-order valence-electron chi connectivity index (χ1n) is 9.61. The van der Waals surface area contributed by atoms with Crippen LogP contribution in [0.1, 0.15) is 13.3 Å². The number of carbonyl (C=O) groups is 1. The first-order valence-corrected chi connectivity index (χ1v) is 15.5. The van der Waals surface area contributed by atoms with Gasteiger partial charge in [0.15, 0.2) is 0 Å². The summed E-state index contributed by atoms with van der Waals surface area (Å²) >= 11 is -3.36. The Morgan fingerprint density at radius 3 is 1.59 bits per heavy atom. The molecule has 1 aliphatic rings. The van der Waals surface area contributed by atoms with Crippen molar-refractivity contribution in [2.75, 3.05) is 6.61 Å². The minimum atomic E-state index is -3.36. The van der Waals surface area contributed by atoms with E-state index in [1.54, 1.807) is 0 Å². The van der Waals surface area contributed by atoms with Crippen LogP contribution in [0, 0.1) is 5.92 Å². The third kappa shape index (κ3) is 3.31. The fourth-order valence-electron chi connectivity index (χ4n) is 4.43. The third-order valence-electron chi connectivity index (χ3n) is 5.62. The van der Waals surface area contributed by atoms with Crippen molar-refractivity contribution in [3.8, 4) is 0 Å². The predicted octanol–water partition coefficient (Wildman–Crippen LogP) is 3.11. The number of hydrogen-bond donors (Lipinski definition) is 0. The fraction of sp³-hybridized carbons (Fsp3) is 0.208. The molecule has 0 spiro atoms. The van der Waals surface area contributed by atoms with E-state index < -0.39 is 18.4 Å². The Morgan fingerprint density at radius 1 is 0.815 bits per heavy atom. The van der Waals surface area contributed by atoms with E-state index in [0.29, 0.717) is 10.5 Å². The maximum absolute atomic E-state index is 12.6. The summed E-state index contributed by atoms with van der Waals surface area (Å²) in [6.45, 7) is 2.34. The van der Waals surface area contributed by atoms with Crippen molar-refractivity contribution in [3.05, 3.63) is 91.0 Å². The molecule has 27 heavy (non-hydrogen) atoms. The third-order valence-corrected chi connectivity index (χ3v) is 21.3. The van der Waals surface area contributed by atoms with E-state index in [4.69, 9.17) is 4.74 Å². The molecule has 0 heterocycles. The van der Waals surface area contributed by atoms with E-state index in [9.17, 15) is 4.79 Å². The Hall–Kier alpha value is -2.07. The van der Waals surface area contributed by atoms with Gasteiger partial charge in [-0.2, -0.15) is 0 Å². The van der Waals surface area contributed by atoms with Crippen LogP contribution in [0.4, 0.5) is 0 Å². The molecule has 0 bridgehead atoms. The molecule has 0 unspecified atom stereocenters. The molecule has 2 atom stereocenters. The van der Waals surface area contributed by atoms with Crippen molar-refractivity contribution >= 4 is 35.1 Å². The molecule has 0 aliphatic heterocycles. The van der Waals surface area contributed by atoms with Crippen LogP contribution >= 0.6 is 0 Å². The van der Waals surface area contributed by atoms with E-state index in [-0.39, 0.29) is 11.9 Å². The average molecular weight is 463 g/mol. The van der Waals surface area contributed by atoms with Crippen molar-refractivity contribution in [3.63, 3.8) is 0 Å². The summed E-state index contributed by atoms with van der Waals surface area (Å²) in [7, 11) is 0. The summed E-state index contributed by atoms with van der Waals surface area (Å²) in [4.78, 5) is 12.6. The summed E-state index contributed by atoms with van der Waals surface area (Å²) in [6.07, 6.45) is 0.938. The van der Waals surface area contributed by atoms with Gasteiger partial charge < -0.3 is 0 Å². The van der Waals surface area contributed by atoms with Crippen LogP contribution in [-0.4, -0.2) is 31.0 Å². The van der Waals surface area contributed by atoms with Gasteiger partial charge in [0.25, 0.3) is 0 Å². The van der Waals surface area contributed by atoms with Gasteiger partial charge in [0.2, 0.25) is 0 Å². The van der Waals surface area contributed by atoms with Crippen LogP contribution in [0.5, 0.6) is 0 Å². The second kappa shape index (κ2) is 7.89.